The highest BCUT2D eigenvalue weighted by Gasteiger charge is 2.48. The summed E-state index contributed by atoms with van der Waals surface area (Å²) >= 11 is 0. The standard InChI is InChI=1S/C20H19FN6O5/c21-10-1-3-12(4-2-10)23-20-25-17-16(19(30)26-20)14(9-15(28)24-17)18(29)22-11-5-7-13(8-6-11)27(31)32/h1-8,14,16-17,20,23,25H,9H2,(H,22,29)(H,24,28)(H,26,30). The number of hydrogen-bond donors (Lipinski definition) is 5. The Labute approximate surface area is 180 Å². The highest BCUT2D eigenvalue weighted by atomic mass is 19.1. The van der Waals surface area contributed by atoms with Crippen LogP contribution in [0.2, 0.25) is 0 Å². The Hall–Kier alpha value is -4.06. The Balaban J connectivity index is 1.46. The summed E-state index contributed by atoms with van der Waals surface area (Å²) in [5.74, 6) is -3.64. The fourth-order valence-electron chi connectivity index (χ4n) is 3.77. The first-order chi connectivity index (χ1) is 15.3. The number of nitrogens with one attached hydrogen (secondary N) is 5. The number of fused-ring (bicyclic) bond motifs is 1. The molecule has 2 saturated heterocycles. The summed E-state index contributed by atoms with van der Waals surface area (Å²) in [6.07, 6.45) is -1.76. The van der Waals surface area contributed by atoms with Crippen LogP contribution in [0.5, 0.6) is 0 Å². The van der Waals surface area contributed by atoms with Crippen LogP contribution in [0, 0.1) is 27.8 Å². The molecule has 4 rings (SSSR count). The molecule has 0 aromatic heterocycles. The van der Waals surface area contributed by atoms with E-state index < -0.39 is 52.8 Å². The second kappa shape index (κ2) is 8.59. The van der Waals surface area contributed by atoms with E-state index in [0.29, 0.717) is 11.4 Å². The molecule has 12 heteroatoms. The molecule has 0 saturated carbocycles. The lowest BCUT2D eigenvalue weighted by Crippen LogP contribution is -2.72. The third-order valence-corrected chi connectivity index (χ3v) is 5.29. The number of carbonyl (C=O) groups excluding carboxylic acids is 3. The van der Waals surface area contributed by atoms with Crippen molar-refractivity contribution >= 4 is 34.8 Å². The van der Waals surface area contributed by atoms with Crippen molar-refractivity contribution in [1.29, 1.82) is 0 Å². The molecule has 0 radical (unpaired) electrons. The molecule has 2 aromatic carbocycles. The lowest BCUT2D eigenvalue weighted by molar-refractivity contribution is -0.384. The second-order valence-electron chi connectivity index (χ2n) is 7.43. The average molecular weight is 442 g/mol. The van der Waals surface area contributed by atoms with Gasteiger partial charge in [-0.1, -0.05) is 0 Å². The van der Waals surface area contributed by atoms with Gasteiger partial charge in [-0.05, 0) is 36.4 Å². The minimum absolute atomic E-state index is 0.129. The number of carbonyl (C=O) groups is 3. The van der Waals surface area contributed by atoms with Gasteiger partial charge in [-0.2, -0.15) is 0 Å². The zero-order chi connectivity index (χ0) is 22.8. The lowest BCUT2D eigenvalue weighted by Gasteiger charge is -2.43. The maximum atomic E-state index is 13.1. The van der Waals surface area contributed by atoms with Gasteiger partial charge in [0.05, 0.1) is 22.9 Å². The molecular formula is C20H19FN6O5. The predicted octanol–water partition coefficient (Wildman–Crippen LogP) is 0.866. The SMILES string of the molecule is O=C1CC(C(=O)Nc2ccc([N+](=O)[O-])cc2)C2C(=O)NC(Nc3ccc(F)cc3)NC2N1. The summed E-state index contributed by atoms with van der Waals surface area (Å²) in [7, 11) is 0. The maximum Gasteiger partial charge on any atom is 0.269 e. The number of nitro groups is 1. The first-order valence-corrected chi connectivity index (χ1v) is 9.73. The number of non-ortho nitro benzene ring substituents is 1. The number of nitro benzene ring substituents is 1. The van der Waals surface area contributed by atoms with Gasteiger partial charge in [0.25, 0.3) is 5.69 Å². The maximum absolute atomic E-state index is 13.1. The van der Waals surface area contributed by atoms with Crippen molar-refractivity contribution in [1.82, 2.24) is 16.0 Å². The van der Waals surface area contributed by atoms with E-state index in [-0.39, 0.29) is 12.1 Å². The molecule has 3 amide bonds. The molecular weight excluding hydrogens is 423 g/mol. The van der Waals surface area contributed by atoms with Crippen molar-refractivity contribution in [2.24, 2.45) is 11.8 Å². The van der Waals surface area contributed by atoms with Crippen LogP contribution in [0.3, 0.4) is 0 Å². The molecule has 2 aliphatic heterocycles. The highest BCUT2D eigenvalue weighted by molar-refractivity contribution is 6.00. The molecule has 2 aromatic rings. The molecule has 5 N–H and O–H groups in total. The number of hydrogen-bond acceptors (Lipinski definition) is 7. The average Bonchev–Trinajstić information content (AvgIpc) is 2.75. The van der Waals surface area contributed by atoms with Gasteiger partial charge in [-0.15, -0.1) is 0 Å². The molecule has 11 nitrogen and oxygen atoms in total. The second-order valence-corrected chi connectivity index (χ2v) is 7.43. The Morgan fingerprint density at radius 2 is 1.69 bits per heavy atom. The van der Waals surface area contributed by atoms with Crippen LogP contribution >= 0.6 is 0 Å². The first-order valence-electron chi connectivity index (χ1n) is 9.73. The summed E-state index contributed by atoms with van der Waals surface area (Å²) in [5.41, 5.74) is 0.719. The normalized spacial score (nSPS) is 24.5. The summed E-state index contributed by atoms with van der Waals surface area (Å²) in [5, 5.41) is 24.7. The smallest absolute Gasteiger partial charge is 0.269 e. The van der Waals surface area contributed by atoms with Crippen LogP contribution < -0.4 is 26.6 Å². The molecule has 0 bridgehead atoms. The van der Waals surface area contributed by atoms with Crippen molar-refractivity contribution in [3.8, 4) is 0 Å². The van der Waals surface area contributed by atoms with Crippen molar-refractivity contribution in [3.05, 3.63) is 64.5 Å². The van der Waals surface area contributed by atoms with E-state index in [2.05, 4.69) is 26.6 Å². The topological polar surface area (TPSA) is 154 Å². The van der Waals surface area contributed by atoms with Gasteiger partial charge in [-0.25, -0.2) is 4.39 Å². The quantitative estimate of drug-likeness (QED) is 0.340. The van der Waals surface area contributed by atoms with Gasteiger partial charge in [0.1, 0.15) is 5.82 Å². The Morgan fingerprint density at radius 3 is 2.34 bits per heavy atom. The Morgan fingerprint density at radius 1 is 1.03 bits per heavy atom. The van der Waals surface area contributed by atoms with Crippen LogP contribution in [0.15, 0.2) is 48.5 Å². The fourth-order valence-corrected chi connectivity index (χ4v) is 3.77. The van der Waals surface area contributed by atoms with Crippen LogP contribution in [0.25, 0.3) is 0 Å². The van der Waals surface area contributed by atoms with E-state index >= 15 is 0 Å². The van der Waals surface area contributed by atoms with Gasteiger partial charge in [0.2, 0.25) is 17.7 Å². The van der Waals surface area contributed by atoms with Gasteiger partial charge in [-0.3, -0.25) is 29.8 Å². The van der Waals surface area contributed by atoms with Crippen LogP contribution in [0.1, 0.15) is 6.42 Å². The third-order valence-electron chi connectivity index (χ3n) is 5.29. The Bertz CT molecular complexity index is 1060. The third kappa shape index (κ3) is 4.49. The summed E-state index contributed by atoms with van der Waals surface area (Å²) < 4.78 is 13.1. The molecule has 0 spiro atoms. The Kier molecular flexibility index (Phi) is 5.69. The van der Waals surface area contributed by atoms with Crippen molar-refractivity contribution in [2.45, 2.75) is 18.9 Å². The minimum Gasteiger partial charge on any atom is -0.353 e. The molecule has 2 fully saturated rings. The van der Waals surface area contributed by atoms with Gasteiger partial charge in [0, 0.05) is 29.9 Å². The largest absolute Gasteiger partial charge is 0.353 e. The molecule has 4 atom stereocenters. The van der Waals surface area contributed by atoms with E-state index in [0.717, 1.165) is 0 Å². The number of nitrogens with zero attached hydrogens (tertiary/aromatic N) is 1. The van der Waals surface area contributed by atoms with Crippen LogP contribution in [-0.2, 0) is 14.4 Å². The van der Waals surface area contributed by atoms with Crippen molar-refractivity contribution in [2.75, 3.05) is 10.6 Å². The summed E-state index contributed by atoms with van der Waals surface area (Å²) in [6.45, 7) is 0. The predicted molar refractivity (Wildman–Crippen MR) is 110 cm³/mol. The number of anilines is 2. The molecule has 32 heavy (non-hydrogen) atoms. The fraction of sp³-hybridized carbons (Fsp3) is 0.250. The zero-order valence-corrected chi connectivity index (χ0v) is 16.5. The number of rotatable bonds is 5. The molecule has 166 valence electrons. The lowest BCUT2D eigenvalue weighted by atomic mass is 9.81. The van der Waals surface area contributed by atoms with Gasteiger partial charge >= 0.3 is 0 Å². The first kappa shape index (κ1) is 21.2. The summed E-state index contributed by atoms with van der Waals surface area (Å²) in [6, 6.07) is 10.7. The number of piperidine rings is 1. The van der Waals surface area contributed by atoms with E-state index in [4.69, 9.17) is 0 Å². The molecule has 0 aliphatic carbocycles. The van der Waals surface area contributed by atoms with Crippen LogP contribution in [-0.4, -0.2) is 35.1 Å². The molecule has 4 unspecified atom stereocenters. The zero-order valence-electron chi connectivity index (χ0n) is 16.5. The van der Waals surface area contributed by atoms with Crippen LogP contribution in [0.4, 0.5) is 21.5 Å². The van der Waals surface area contributed by atoms with Crippen molar-refractivity contribution < 1.29 is 23.7 Å². The number of halogens is 1. The van der Waals surface area contributed by atoms with E-state index in [1.54, 1.807) is 0 Å². The van der Waals surface area contributed by atoms with Gasteiger partial charge < -0.3 is 21.3 Å². The summed E-state index contributed by atoms with van der Waals surface area (Å²) in [4.78, 5) is 48.1. The molecule has 2 heterocycles. The van der Waals surface area contributed by atoms with E-state index in [1.165, 1.54) is 48.5 Å². The molecule has 2 aliphatic rings. The van der Waals surface area contributed by atoms with Gasteiger partial charge in [0.15, 0.2) is 6.29 Å². The van der Waals surface area contributed by atoms with Crippen molar-refractivity contribution in [3.63, 3.8) is 0 Å². The monoisotopic (exact) mass is 442 g/mol. The minimum atomic E-state index is -0.955. The number of amides is 3. The number of benzene rings is 2. The highest BCUT2D eigenvalue weighted by Crippen LogP contribution is 2.28. The van der Waals surface area contributed by atoms with E-state index in [9.17, 15) is 28.9 Å². The van der Waals surface area contributed by atoms with E-state index in [1.807, 2.05) is 0 Å².